The van der Waals surface area contributed by atoms with Crippen LogP contribution in [0.5, 0.6) is 28.7 Å². The number of esters is 1. The predicted octanol–water partition coefficient (Wildman–Crippen LogP) is 4.93. The number of carbonyl (C=O) groups excluding carboxylic acids is 2. The first-order valence-electron chi connectivity index (χ1n) is 12.3. The first-order valence-corrected chi connectivity index (χ1v) is 12.3. The highest BCUT2D eigenvalue weighted by molar-refractivity contribution is 6.01. The summed E-state index contributed by atoms with van der Waals surface area (Å²) in [4.78, 5) is 25.5. The summed E-state index contributed by atoms with van der Waals surface area (Å²) in [5.41, 5.74) is 0.570. The molecule has 3 rings (SSSR count). The average molecular weight is 535 g/mol. The monoisotopic (exact) mass is 534 g/mol. The number of furan rings is 1. The third-order valence-corrected chi connectivity index (χ3v) is 5.21. The van der Waals surface area contributed by atoms with Gasteiger partial charge in [-0.3, -0.25) is 4.79 Å². The van der Waals surface area contributed by atoms with E-state index in [1.54, 1.807) is 24.3 Å². The number of methoxy groups -OCH3 is 1. The summed E-state index contributed by atoms with van der Waals surface area (Å²) in [6.45, 7) is 6.74. The molecule has 39 heavy (non-hydrogen) atoms. The normalized spacial score (nSPS) is 10.8. The molecule has 10 heteroatoms. The minimum atomic E-state index is -0.670. The second-order valence-corrected chi connectivity index (χ2v) is 7.83. The van der Waals surface area contributed by atoms with E-state index in [0.29, 0.717) is 48.4 Å². The number of nitrogens with one attached hydrogen (secondary N) is 1. The number of ether oxygens (including phenoxy) is 5. The quantitative estimate of drug-likeness (QED) is 0.140. The van der Waals surface area contributed by atoms with Gasteiger partial charge in [0.05, 0.1) is 45.3 Å². The number of nitriles is 1. The summed E-state index contributed by atoms with van der Waals surface area (Å²) in [7, 11) is 1.42. The molecule has 1 N–H and O–H groups in total. The molecule has 0 fully saturated rings. The number of carbonyl (C=O) groups is 2. The van der Waals surface area contributed by atoms with Crippen LogP contribution in [0.15, 0.2) is 58.7 Å². The zero-order valence-corrected chi connectivity index (χ0v) is 22.2. The largest absolute Gasteiger partial charge is 0.493 e. The molecular formula is C29H30N2O8. The molecule has 0 bridgehead atoms. The second-order valence-electron chi connectivity index (χ2n) is 7.83. The Bertz CT molecular complexity index is 1330. The van der Waals surface area contributed by atoms with Crippen molar-refractivity contribution in [2.75, 3.05) is 26.9 Å². The lowest BCUT2D eigenvalue weighted by Gasteiger charge is -2.17. The maximum atomic E-state index is 13.1. The van der Waals surface area contributed by atoms with Crippen LogP contribution >= 0.6 is 0 Å². The molecule has 0 saturated heterocycles. The van der Waals surface area contributed by atoms with Gasteiger partial charge in [0.25, 0.3) is 5.91 Å². The van der Waals surface area contributed by atoms with Crippen LogP contribution in [0.4, 0.5) is 0 Å². The van der Waals surface area contributed by atoms with Gasteiger partial charge < -0.3 is 33.4 Å². The lowest BCUT2D eigenvalue weighted by atomic mass is 10.1. The summed E-state index contributed by atoms with van der Waals surface area (Å²) in [6.07, 6.45) is 2.90. The highest BCUT2D eigenvalue weighted by Gasteiger charge is 2.21. The van der Waals surface area contributed by atoms with E-state index < -0.39 is 11.9 Å². The number of benzene rings is 2. The van der Waals surface area contributed by atoms with E-state index in [1.165, 1.54) is 37.6 Å². The lowest BCUT2D eigenvalue weighted by Crippen LogP contribution is -2.23. The van der Waals surface area contributed by atoms with Crippen LogP contribution in [0.25, 0.3) is 6.08 Å². The van der Waals surface area contributed by atoms with Crippen molar-refractivity contribution in [2.24, 2.45) is 0 Å². The summed E-state index contributed by atoms with van der Waals surface area (Å²) in [5.74, 6) is 0.830. The Morgan fingerprint density at radius 2 is 1.64 bits per heavy atom. The lowest BCUT2D eigenvalue weighted by molar-refractivity contribution is -0.117. The fourth-order valence-electron chi connectivity index (χ4n) is 3.51. The van der Waals surface area contributed by atoms with Crippen LogP contribution in [0.3, 0.4) is 0 Å². The molecule has 1 heterocycles. The van der Waals surface area contributed by atoms with Gasteiger partial charge in [-0.15, -0.1) is 0 Å². The molecule has 2 aromatic carbocycles. The van der Waals surface area contributed by atoms with Gasteiger partial charge in [-0.2, -0.15) is 5.26 Å². The highest BCUT2D eigenvalue weighted by Crippen LogP contribution is 2.40. The number of amides is 1. The fourth-order valence-corrected chi connectivity index (χ4v) is 3.51. The third-order valence-electron chi connectivity index (χ3n) is 5.21. The minimum Gasteiger partial charge on any atom is -0.493 e. The van der Waals surface area contributed by atoms with Crippen molar-refractivity contribution in [3.05, 3.63) is 71.2 Å². The molecule has 10 nitrogen and oxygen atoms in total. The molecule has 0 saturated carbocycles. The Balaban J connectivity index is 1.83. The highest BCUT2D eigenvalue weighted by atomic mass is 16.6. The smallest absolute Gasteiger partial charge is 0.343 e. The van der Waals surface area contributed by atoms with Crippen molar-refractivity contribution in [1.29, 1.82) is 5.26 Å². The molecule has 1 amide bonds. The van der Waals surface area contributed by atoms with Crippen LogP contribution in [-0.2, 0) is 11.3 Å². The van der Waals surface area contributed by atoms with Gasteiger partial charge in [-0.05, 0) is 68.8 Å². The van der Waals surface area contributed by atoms with Crippen molar-refractivity contribution in [1.82, 2.24) is 5.32 Å². The van der Waals surface area contributed by atoms with Crippen molar-refractivity contribution < 1.29 is 37.7 Å². The summed E-state index contributed by atoms with van der Waals surface area (Å²) in [5, 5.41) is 12.1. The van der Waals surface area contributed by atoms with E-state index >= 15 is 0 Å². The summed E-state index contributed by atoms with van der Waals surface area (Å²) in [6, 6.07) is 13.0. The standard InChI is InChI=1S/C29H30N2O8/c1-5-35-25-15-20(16-26(36-6-2)27(25)37-7-3)29(33)39-23-11-10-19(14-24(23)34-4)13-21(17-30)28(32)31-18-22-9-8-12-38-22/h8-16H,5-7,18H2,1-4H3,(H,31,32)/b21-13+. The molecule has 0 aliphatic heterocycles. The molecule has 0 atom stereocenters. The van der Waals surface area contributed by atoms with Gasteiger partial charge >= 0.3 is 5.97 Å². The number of hydrogen-bond donors (Lipinski definition) is 1. The van der Waals surface area contributed by atoms with Crippen molar-refractivity contribution >= 4 is 18.0 Å². The van der Waals surface area contributed by atoms with Crippen LogP contribution in [0, 0.1) is 11.3 Å². The Kier molecular flexibility index (Phi) is 10.4. The van der Waals surface area contributed by atoms with E-state index in [4.69, 9.17) is 28.1 Å². The molecule has 0 aliphatic rings. The second kappa shape index (κ2) is 14.1. The molecule has 204 valence electrons. The van der Waals surface area contributed by atoms with Gasteiger partial charge in [0, 0.05) is 0 Å². The third kappa shape index (κ3) is 7.55. The Morgan fingerprint density at radius 1 is 0.949 bits per heavy atom. The summed E-state index contributed by atoms with van der Waals surface area (Å²) >= 11 is 0. The fraction of sp³-hybridized carbons (Fsp3) is 0.276. The number of rotatable bonds is 13. The first-order chi connectivity index (χ1) is 18.9. The molecule has 1 aromatic heterocycles. The zero-order valence-electron chi connectivity index (χ0n) is 22.2. The topological polar surface area (TPSA) is 129 Å². The molecular weight excluding hydrogens is 504 g/mol. The van der Waals surface area contributed by atoms with Gasteiger partial charge in [-0.25, -0.2) is 4.79 Å². The first kappa shape index (κ1) is 28.7. The molecule has 0 spiro atoms. The molecule has 0 aliphatic carbocycles. The minimum absolute atomic E-state index is 0.116. The predicted molar refractivity (Wildman–Crippen MR) is 142 cm³/mol. The Hall–Kier alpha value is -4.91. The maximum Gasteiger partial charge on any atom is 0.343 e. The van der Waals surface area contributed by atoms with E-state index in [2.05, 4.69) is 5.32 Å². The average Bonchev–Trinajstić information content (AvgIpc) is 3.46. The maximum absolute atomic E-state index is 13.1. The summed E-state index contributed by atoms with van der Waals surface area (Å²) < 4.78 is 33.2. The Labute approximate surface area is 226 Å². The van der Waals surface area contributed by atoms with Crippen molar-refractivity contribution in [3.63, 3.8) is 0 Å². The van der Waals surface area contributed by atoms with Crippen molar-refractivity contribution in [3.8, 4) is 34.8 Å². The van der Waals surface area contributed by atoms with Gasteiger partial charge in [0.2, 0.25) is 5.75 Å². The molecule has 0 radical (unpaired) electrons. The Morgan fingerprint density at radius 3 is 2.21 bits per heavy atom. The van der Waals surface area contributed by atoms with E-state index in [0.717, 1.165) is 0 Å². The number of hydrogen-bond acceptors (Lipinski definition) is 9. The van der Waals surface area contributed by atoms with Crippen LogP contribution in [-0.4, -0.2) is 38.8 Å². The van der Waals surface area contributed by atoms with Crippen molar-refractivity contribution in [2.45, 2.75) is 27.3 Å². The van der Waals surface area contributed by atoms with Gasteiger partial charge in [0.1, 0.15) is 17.4 Å². The zero-order chi connectivity index (χ0) is 28.2. The van der Waals surface area contributed by atoms with E-state index in [-0.39, 0.29) is 29.2 Å². The SMILES string of the molecule is CCOc1cc(C(=O)Oc2ccc(/C=C(\C#N)C(=O)NCc3ccco3)cc2OC)cc(OCC)c1OCC. The van der Waals surface area contributed by atoms with Gasteiger partial charge in [-0.1, -0.05) is 6.07 Å². The molecule has 3 aromatic rings. The van der Waals surface area contributed by atoms with Gasteiger partial charge in [0.15, 0.2) is 23.0 Å². The van der Waals surface area contributed by atoms with Crippen LogP contribution < -0.4 is 29.0 Å². The van der Waals surface area contributed by atoms with E-state index in [9.17, 15) is 14.9 Å². The number of nitrogens with zero attached hydrogens (tertiary/aromatic N) is 1. The van der Waals surface area contributed by atoms with Crippen LogP contribution in [0.2, 0.25) is 0 Å². The van der Waals surface area contributed by atoms with E-state index in [1.807, 2.05) is 26.8 Å². The van der Waals surface area contributed by atoms with Crippen LogP contribution in [0.1, 0.15) is 42.5 Å². The molecule has 0 unspecified atom stereocenters.